The molecular weight excluding hydrogens is 236 g/mol. The lowest BCUT2D eigenvalue weighted by Crippen LogP contribution is -2.05. The maximum Gasteiger partial charge on any atom is 0.354 e. The molecule has 6 heteroatoms. The first-order valence-corrected chi connectivity index (χ1v) is 5.18. The van der Waals surface area contributed by atoms with Gasteiger partial charge in [-0.3, -0.25) is 4.57 Å². The van der Waals surface area contributed by atoms with Crippen LogP contribution in [0.1, 0.15) is 10.5 Å². The van der Waals surface area contributed by atoms with Crippen molar-refractivity contribution in [3.8, 4) is 17.5 Å². The summed E-state index contributed by atoms with van der Waals surface area (Å²) in [5.41, 5.74) is 0.0681. The van der Waals surface area contributed by atoms with Gasteiger partial charge >= 0.3 is 12.0 Å². The quantitative estimate of drug-likeness (QED) is 0.894. The summed E-state index contributed by atoms with van der Waals surface area (Å²) in [6.07, 6.45) is 1.25. The van der Waals surface area contributed by atoms with Crippen LogP contribution in [-0.2, 0) is 7.05 Å². The summed E-state index contributed by atoms with van der Waals surface area (Å²) in [4.78, 5) is 14.7. The Morgan fingerprint density at radius 1 is 1.28 bits per heavy atom. The van der Waals surface area contributed by atoms with E-state index in [1.807, 2.05) is 0 Å². The molecular formula is C12H12N2O4. The smallest absolute Gasteiger partial charge is 0.354 e. The number of hydrogen-bond donors (Lipinski definition) is 1. The number of methoxy groups -OCH3 is 1. The molecule has 1 aromatic carbocycles. The number of aromatic nitrogens is 2. The monoisotopic (exact) mass is 248 g/mol. The summed E-state index contributed by atoms with van der Waals surface area (Å²) >= 11 is 0. The molecule has 18 heavy (non-hydrogen) atoms. The molecule has 1 N–H and O–H groups in total. The number of nitrogens with zero attached hydrogens (tertiary/aromatic N) is 2. The van der Waals surface area contributed by atoms with Crippen LogP contribution < -0.4 is 9.47 Å². The lowest BCUT2D eigenvalue weighted by Gasteiger charge is -2.06. The van der Waals surface area contributed by atoms with E-state index in [0.717, 1.165) is 0 Å². The van der Waals surface area contributed by atoms with Crippen molar-refractivity contribution in [2.75, 3.05) is 7.11 Å². The third-order valence-electron chi connectivity index (χ3n) is 2.43. The van der Waals surface area contributed by atoms with E-state index in [4.69, 9.17) is 14.6 Å². The molecule has 0 saturated carbocycles. The topological polar surface area (TPSA) is 73.6 Å². The van der Waals surface area contributed by atoms with Crippen molar-refractivity contribution in [3.63, 3.8) is 0 Å². The van der Waals surface area contributed by atoms with E-state index in [2.05, 4.69) is 4.98 Å². The first-order valence-electron chi connectivity index (χ1n) is 5.18. The minimum Gasteiger partial charge on any atom is -0.497 e. The molecule has 0 fully saturated rings. The van der Waals surface area contributed by atoms with Crippen LogP contribution in [0.3, 0.4) is 0 Å². The highest BCUT2D eigenvalue weighted by Crippen LogP contribution is 2.23. The van der Waals surface area contributed by atoms with Crippen LogP contribution in [0.5, 0.6) is 17.5 Å². The predicted molar refractivity (Wildman–Crippen MR) is 63.2 cm³/mol. The summed E-state index contributed by atoms with van der Waals surface area (Å²) in [6.45, 7) is 0. The molecule has 0 aliphatic rings. The highest BCUT2D eigenvalue weighted by molar-refractivity contribution is 5.85. The number of hydrogen-bond acceptors (Lipinski definition) is 4. The molecule has 0 atom stereocenters. The summed E-state index contributed by atoms with van der Waals surface area (Å²) in [5, 5.41) is 8.88. The van der Waals surface area contributed by atoms with Gasteiger partial charge in [-0.15, -0.1) is 0 Å². The Morgan fingerprint density at radius 2 is 1.89 bits per heavy atom. The van der Waals surface area contributed by atoms with Crippen LogP contribution in [0, 0.1) is 0 Å². The fourth-order valence-electron chi connectivity index (χ4n) is 1.44. The van der Waals surface area contributed by atoms with Gasteiger partial charge in [0.2, 0.25) is 0 Å². The molecule has 0 amide bonds. The molecule has 0 bridgehead atoms. The second-order valence-corrected chi connectivity index (χ2v) is 3.57. The van der Waals surface area contributed by atoms with Gasteiger partial charge in [0, 0.05) is 7.05 Å². The van der Waals surface area contributed by atoms with Gasteiger partial charge in [0.25, 0.3) is 0 Å². The second kappa shape index (κ2) is 4.79. The van der Waals surface area contributed by atoms with Crippen molar-refractivity contribution in [3.05, 3.63) is 36.2 Å². The van der Waals surface area contributed by atoms with Gasteiger partial charge in [0.05, 0.1) is 13.3 Å². The SMILES string of the molecule is COc1ccc(Oc2ncc(C(=O)O)n2C)cc1. The average Bonchev–Trinajstić information content (AvgIpc) is 2.72. The largest absolute Gasteiger partial charge is 0.497 e. The molecule has 0 unspecified atom stereocenters. The van der Waals surface area contributed by atoms with Crippen molar-refractivity contribution in [1.82, 2.24) is 9.55 Å². The van der Waals surface area contributed by atoms with Crippen LogP contribution >= 0.6 is 0 Å². The van der Waals surface area contributed by atoms with Crippen molar-refractivity contribution < 1.29 is 19.4 Å². The van der Waals surface area contributed by atoms with Crippen LogP contribution in [-0.4, -0.2) is 27.7 Å². The van der Waals surface area contributed by atoms with Gasteiger partial charge in [-0.05, 0) is 24.3 Å². The fourth-order valence-corrected chi connectivity index (χ4v) is 1.44. The van der Waals surface area contributed by atoms with E-state index in [9.17, 15) is 4.79 Å². The highest BCUT2D eigenvalue weighted by atomic mass is 16.5. The molecule has 2 rings (SSSR count). The zero-order chi connectivity index (χ0) is 13.1. The van der Waals surface area contributed by atoms with Gasteiger partial charge in [-0.25, -0.2) is 9.78 Å². The molecule has 0 saturated heterocycles. The average molecular weight is 248 g/mol. The first kappa shape index (κ1) is 12.0. The Morgan fingerprint density at radius 3 is 2.39 bits per heavy atom. The Kier molecular flexibility index (Phi) is 3.18. The minimum atomic E-state index is -1.05. The van der Waals surface area contributed by atoms with Gasteiger partial charge in [-0.2, -0.15) is 0 Å². The van der Waals surface area contributed by atoms with Crippen LogP contribution in [0.4, 0.5) is 0 Å². The van der Waals surface area contributed by atoms with Crippen molar-refractivity contribution in [2.45, 2.75) is 0 Å². The van der Waals surface area contributed by atoms with Crippen LogP contribution in [0.25, 0.3) is 0 Å². The number of rotatable bonds is 4. The Hall–Kier alpha value is -2.50. The Balaban J connectivity index is 2.20. The van der Waals surface area contributed by atoms with Gasteiger partial charge < -0.3 is 14.6 Å². The summed E-state index contributed by atoms with van der Waals surface area (Å²) < 4.78 is 11.9. The van der Waals surface area contributed by atoms with Crippen molar-refractivity contribution in [1.29, 1.82) is 0 Å². The first-order chi connectivity index (χ1) is 8.61. The maximum atomic E-state index is 10.8. The number of aromatic carboxylic acids is 1. The molecule has 1 aromatic heterocycles. The van der Waals surface area contributed by atoms with E-state index in [1.165, 1.54) is 10.8 Å². The van der Waals surface area contributed by atoms with Gasteiger partial charge in [0.15, 0.2) is 0 Å². The normalized spacial score (nSPS) is 10.1. The zero-order valence-corrected chi connectivity index (χ0v) is 9.95. The Bertz CT molecular complexity index is 560. The summed E-state index contributed by atoms with van der Waals surface area (Å²) in [7, 11) is 3.16. The number of carbonyl (C=O) groups is 1. The molecule has 1 heterocycles. The second-order valence-electron chi connectivity index (χ2n) is 3.57. The van der Waals surface area contributed by atoms with Crippen molar-refractivity contribution >= 4 is 5.97 Å². The standard InChI is InChI=1S/C12H12N2O4/c1-14-10(11(15)16)7-13-12(14)18-9-5-3-8(17-2)4-6-9/h3-7H,1-2H3,(H,15,16). The fraction of sp³-hybridized carbons (Fsp3) is 0.167. The number of ether oxygens (including phenoxy) is 2. The summed E-state index contributed by atoms with van der Waals surface area (Å²) in [5.74, 6) is 0.226. The van der Waals surface area contributed by atoms with E-state index < -0.39 is 5.97 Å². The number of carboxylic acid groups (broad SMARTS) is 1. The third kappa shape index (κ3) is 2.27. The molecule has 0 aliphatic heterocycles. The molecule has 0 radical (unpaired) electrons. The van der Waals surface area contributed by atoms with E-state index >= 15 is 0 Å². The Labute approximate surface area is 103 Å². The van der Waals surface area contributed by atoms with E-state index in [-0.39, 0.29) is 11.7 Å². The van der Waals surface area contributed by atoms with E-state index in [0.29, 0.717) is 11.5 Å². The third-order valence-corrected chi connectivity index (χ3v) is 2.43. The molecule has 0 aliphatic carbocycles. The molecule has 2 aromatic rings. The lowest BCUT2D eigenvalue weighted by atomic mass is 10.3. The van der Waals surface area contributed by atoms with Gasteiger partial charge in [0.1, 0.15) is 17.2 Å². The maximum absolute atomic E-state index is 10.8. The minimum absolute atomic E-state index is 0.0681. The highest BCUT2D eigenvalue weighted by Gasteiger charge is 2.13. The van der Waals surface area contributed by atoms with Gasteiger partial charge in [-0.1, -0.05) is 0 Å². The predicted octanol–water partition coefficient (Wildman–Crippen LogP) is 1.92. The number of benzene rings is 1. The number of imidazole rings is 1. The van der Waals surface area contributed by atoms with Crippen LogP contribution in [0.15, 0.2) is 30.5 Å². The van der Waals surface area contributed by atoms with Crippen molar-refractivity contribution in [2.24, 2.45) is 7.05 Å². The lowest BCUT2D eigenvalue weighted by molar-refractivity contribution is 0.0685. The van der Waals surface area contributed by atoms with Crippen LogP contribution in [0.2, 0.25) is 0 Å². The summed E-state index contributed by atoms with van der Waals surface area (Å²) in [6, 6.07) is 7.15. The van der Waals surface area contributed by atoms with E-state index in [1.54, 1.807) is 38.4 Å². The zero-order valence-electron chi connectivity index (χ0n) is 9.95. The molecule has 6 nitrogen and oxygen atoms in total. The molecule has 94 valence electrons. The number of carboxylic acids is 1. The molecule has 0 spiro atoms.